The number of alkyl halides is 2. The number of hydrogen-bond acceptors (Lipinski definition) is 1. The monoisotopic (exact) mass is 110 g/mol. The van der Waals surface area contributed by atoms with E-state index in [9.17, 15) is 8.78 Å². The van der Waals surface area contributed by atoms with E-state index in [1.807, 2.05) is 0 Å². The Kier molecular flexibility index (Phi) is 2.15. The van der Waals surface area contributed by atoms with Crippen molar-refractivity contribution >= 4 is 0 Å². The topological polar surface area (TPSA) is 20.2 Å². The van der Waals surface area contributed by atoms with Gasteiger partial charge in [0.05, 0.1) is 0 Å². The number of rotatable bonds is 2. The minimum atomic E-state index is -2.86. The molecule has 0 aromatic carbocycles. The van der Waals surface area contributed by atoms with Crippen LogP contribution in [0.1, 0.15) is 13.3 Å². The van der Waals surface area contributed by atoms with E-state index in [0.29, 0.717) is 0 Å². The average Bonchev–Trinajstić information content (AvgIpc) is 1.68. The molecule has 3 heteroatoms. The van der Waals surface area contributed by atoms with Crippen molar-refractivity contribution in [3.63, 3.8) is 0 Å². The molecule has 0 radical (unpaired) electrons. The molecule has 0 amide bonds. The first-order valence-corrected chi connectivity index (χ1v) is 2.11. The second-order valence-electron chi connectivity index (χ2n) is 1.37. The average molecular weight is 110 g/mol. The van der Waals surface area contributed by atoms with E-state index in [0.717, 1.165) is 0 Å². The van der Waals surface area contributed by atoms with Gasteiger partial charge in [-0.3, -0.25) is 0 Å². The maximum atomic E-state index is 11.6. The van der Waals surface area contributed by atoms with Gasteiger partial charge in [-0.05, 0) is 0 Å². The summed E-state index contributed by atoms with van der Waals surface area (Å²) in [5, 5.41) is 7.84. The van der Waals surface area contributed by atoms with Crippen molar-refractivity contribution in [3.8, 4) is 0 Å². The van der Waals surface area contributed by atoms with Gasteiger partial charge < -0.3 is 5.11 Å². The Balaban J connectivity index is 3.36. The summed E-state index contributed by atoms with van der Waals surface area (Å²) in [4.78, 5) is 0. The molecule has 1 N–H and O–H groups in total. The first kappa shape index (κ1) is 6.82. The van der Waals surface area contributed by atoms with Gasteiger partial charge in [0.25, 0.3) is 5.92 Å². The van der Waals surface area contributed by atoms with Gasteiger partial charge in [-0.1, -0.05) is 6.92 Å². The second-order valence-corrected chi connectivity index (χ2v) is 1.37. The highest BCUT2D eigenvalue weighted by molar-refractivity contribution is 4.58. The summed E-state index contributed by atoms with van der Waals surface area (Å²) in [5.74, 6) is -2.86. The molecule has 7 heavy (non-hydrogen) atoms. The fraction of sp³-hybridized carbons (Fsp3) is 1.00. The van der Waals surface area contributed by atoms with Gasteiger partial charge in [0, 0.05) is 6.42 Å². The fourth-order valence-electron chi connectivity index (χ4n) is 0.112. The minimum Gasteiger partial charge on any atom is -0.390 e. The van der Waals surface area contributed by atoms with Crippen LogP contribution in [0, 0.1) is 0 Å². The van der Waals surface area contributed by atoms with E-state index >= 15 is 0 Å². The number of aliphatic hydroxyl groups is 1. The lowest BCUT2D eigenvalue weighted by Crippen LogP contribution is -2.18. The van der Waals surface area contributed by atoms with E-state index in [1.165, 1.54) is 6.92 Å². The molecule has 0 atom stereocenters. The molecule has 0 saturated carbocycles. The summed E-state index contributed by atoms with van der Waals surface area (Å²) in [7, 11) is 0. The highest BCUT2D eigenvalue weighted by Crippen LogP contribution is 2.14. The number of aliphatic hydroxyl groups excluding tert-OH is 1. The summed E-state index contributed by atoms with van der Waals surface area (Å²) in [6.07, 6.45) is -0.288. The third kappa shape index (κ3) is 2.51. The zero-order chi connectivity index (χ0) is 5.91. The third-order valence-corrected chi connectivity index (χ3v) is 0.749. The van der Waals surface area contributed by atoms with Crippen LogP contribution in [0.4, 0.5) is 8.78 Å². The van der Waals surface area contributed by atoms with Gasteiger partial charge >= 0.3 is 0 Å². The zero-order valence-corrected chi connectivity index (χ0v) is 4.12. The Morgan fingerprint density at radius 2 is 2.00 bits per heavy atom. The lowest BCUT2D eigenvalue weighted by atomic mass is 10.3. The molecule has 0 rings (SSSR count). The van der Waals surface area contributed by atoms with Crippen LogP contribution in [-0.4, -0.2) is 17.6 Å². The van der Waals surface area contributed by atoms with Crippen LogP contribution in [0.2, 0.25) is 0 Å². The molecule has 0 spiro atoms. The van der Waals surface area contributed by atoms with Gasteiger partial charge in [0.1, 0.15) is 6.61 Å². The van der Waals surface area contributed by atoms with E-state index in [2.05, 4.69) is 0 Å². The predicted octanol–water partition coefficient (Wildman–Crippen LogP) is 1.02. The third-order valence-electron chi connectivity index (χ3n) is 0.749. The van der Waals surface area contributed by atoms with Crippen LogP contribution < -0.4 is 0 Å². The maximum Gasteiger partial charge on any atom is 0.270 e. The van der Waals surface area contributed by atoms with Crippen LogP contribution in [0.25, 0.3) is 0 Å². The van der Waals surface area contributed by atoms with Gasteiger partial charge in [0.15, 0.2) is 0 Å². The van der Waals surface area contributed by atoms with Crippen LogP contribution in [-0.2, 0) is 0 Å². The molecule has 0 bridgehead atoms. The predicted molar refractivity (Wildman–Crippen MR) is 22.3 cm³/mol. The van der Waals surface area contributed by atoms with Crippen molar-refractivity contribution in [3.05, 3.63) is 0 Å². The van der Waals surface area contributed by atoms with E-state index in [4.69, 9.17) is 5.11 Å². The molecular formula is C4H8F2O. The van der Waals surface area contributed by atoms with Crippen LogP contribution >= 0.6 is 0 Å². The van der Waals surface area contributed by atoms with Crippen molar-refractivity contribution in [1.82, 2.24) is 0 Å². The SMILES string of the molecule is CCC(F)(F)CO. The van der Waals surface area contributed by atoms with Gasteiger partial charge in [-0.25, -0.2) is 8.78 Å². The van der Waals surface area contributed by atoms with Gasteiger partial charge in [-0.2, -0.15) is 0 Å². The van der Waals surface area contributed by atoms with Crippen LogP contribution in [0.5, 0.6) is 0 Å². The Hall–Kier alpha value is -0.180. The summed E-state index contributed by atoms with van der Waals surface area (Å²) < 4.78 is 23.3. The quantitative estimate of drug-likeness (QED) is 0.562. The summed E-state index contributed by atoms with van der Waals surface area (Å²) >= 11 is 0. The molecular weight excluding hydrogens is 102 g/mol. The molecule has 0 aliphatic heterocycles. The van der Waals surface area contributed by atoms with Crippen LogP contribution in [0.3, 0.4) is 0 Å². The maximum absolute atomic E-state index is 11.6. The van der Waals surface area contributed by atoms with Crippen molar-refractivity contribution in [2.75, 3.05) is 6.61 Å². The lowest BCUT2D eigenvalue weighted by molar-refractivity contribution is -0.0522. The Morgan fingerprint density at radius 1 is 1.57 bits per heavy atom. The van der Waals surface area contributed by atoms with E-state index in [-0.39, 0.29) is 6.42 Å². The molecule has 0 saturated heterocycles. The Bertz CT molecular complexity index is 47.7. The first-order valence-electron chi connectivity index (χ1n) is 2.11. The molecule has 0 heterocycles. The highest BCUT2D eigenvalue weighted by Gasteiger charge is 2.23. The smallest absolute Gasteiger partial charge is 0.270 e. The lowest BCUT2D eigenvalue weighted by Gasteiger charge is -2.07. The standard InChI is InChI=1S/C4H8F2O/c1-2-4(5,6)3-7/h7H,2-3H2,1H3. The van der Waals surface area contributed by atoms with Crippen molar-refractivity contribution < 1.29 is 13.9 Å². The molecule has 0 aromatic rings. The zero-order valence-electron chi connectivity index (χ0n) is 4.12. The van der Waals surface area contributed by atoms with Crippen molar-refractivity contribution in [2.45, 2.75) is 19.3 Å². The summed E-state index contributed by atoms with van der Waals surface area (Å²) in [6.45, 7) is 0.291. The van der Waals surface area contributed by atoms with Crippen molar-refractivity contribution in [2.24, 2.45) is 0 Å². The first-order chi connectivity index (χ1) is 3.12. The second kappa shape index (κ2) is 2.21. The van der Waals surface area contributed by atoms with E-state index in [1.54, 1.807) is 0 Å². The molecule has 0 unspecified atom stereocenters. The molecule has 0 aliphatic rings. The molecule has 0 aliphatic carbocycles. The Labute approximate surface area is 41.0 Å². The minimum absolute atomic E-state index is 0.288. The van der Waals surface area contributed by atoms with Crippen LogP contribution in [0.15, 0.2) is 0 Å². The molecule has 44 valence electrons. The van der Waals surface area contributed by atoms with Gasteiger partial charge in [-0.15, -0.1) is 0 Å². The number of hydrogen-bond donors (Lipinski definition) is 1. The Morgan fingerprint density at radius 3 is 2.00 bits per heavy atom. The molecule has 0 aromatic heterocycles. The highest BCUT2D eigenvalue weighted by atomic mass is 19.3. The summed E-state index contributed by atoms with van der Waals surface area (Å²) in [5.41, 5.74) is 0. The number of halogens is 2. The normalized spacial score (nSPS) is 12.0. The van der Waals surface area contributed by atoms with E-state index < -0.39 is 12.5 Å². The molecule has 1 nitrogen and oxygen atoms in total. The van der Waals surface area contributed by atoms with Gasteiger partial charge in [0.2, 0.25) is 0 Å². The van der Waals surface area contributed by atoms with Crippen molar-refractivity contribution in [1.29, 1.82) is 0 Å². The fourth-order valence-corrected chi connectivity index (χ4v) is 0.112. The molecule has 0 fully saturated rings. The largest absolute Gasteiger partial charge is 0.390 e. The summed E-state index contributed by atoms with van der Waals surface area (Å²) in [6, 6.07) is 0.